The number of fused-ring (bicyclic) bond motifs is 3. The van der Waals surface area contributed by atoms with Gasteiger partial charge in [0.1, 0.15) is 0 Å². The second kappa shape index (κ2) is 10.7. The molecule has 3 aliphatic rings. The van der Waals surface area contributed by atoms with Crippen molar-refractivity contribution >= 4 is 11.9 Å². The van der Waals surface area contributed by atoms with Crippen LogP contribution in [0.5, 0.6) is 0 Å². The van der Waals surface area contributed by atoms with Crippen LogP contribution in [0, 0.1) is 52.3 Å². The molecule has 0 aliphatic heterocycles. The van der Waals surface area contributed by atoms with E-state index in [9.17, 15) is 9.59 Å². The third-order valence-electron chi connectivity index (χ3n) is 10.7. The normalized spacial score (nSPS) is 39.0. The maximum Gasteiger partial charge on any atom is 0.306 e. The summed E-state index contributed by atoms with van der Waals surface area (Å²) in [6, 6.07) is 0. The summed E-state index contributed by atoms with van der Waals surface area (Å²) in [6.07, 6.45) is 12.3. The van der Waals surface area contributed by atoms with Crippen molar-refractivity contribution in [3.05, 3.63) is 0 Å². The molecule has 0 spiro atoms. The molecule has 3 aliphatic carbocycles. The molecule has 0 aromatic carbocycles. The van der Waals surface area contributed by atoms with Gasteiger partial charge in [-0.25, -0.2) is 0 Å². The van der Waals surface area contributed by atoms with Gasteiger partial charge in [-0.15, -0.1) is 0 Å². The molecule has 0 heterocycles. The van der Waals surface area contributed by atoms with E-state index in [0.717, 1.165) is 30.1 Å². The van der Waals surface area contributed by atoms with Crippen molar-refractivity contribution in [2.24, 2.45) is 52.3 Å². The lowest BCUT2D eigenvalue weighted by molar-refractivity contribution is -0.159. The summed E-state index contributed by atoms with van der Waals surface area (Å²) >= 11 is 0. The summed E-state index contributed by atoms with van der Waals surface area (Å²) in [5.74, 6) is 4.26. The molecular weight excluding hydrogens is 412 g/mol. The molecule has 4 heteroatoms. The van der Waals surface area contributed by atoms with Crippen LogP contribution in [0.1, 0.15) is 105 Å². The van der Waals surface area contributed by atoms with Gasteiger partial charge in [-0.05, 0) is 90.8 Å². The third kappa shape index (κ3) is 5.30. The number of hydrogen-bond acceptors (Lipinski definition) is 4. The Morgan fingerprint density at radius 1 is 0.879 bits per heavy atom. The molecule has 0 saturated heterocycles. The van der Waals surface area contributed by atoms with Crippen molar-refractivity contribution in [1.29, 1.82) is 0 Å². The minimum Gasteiger partial charge on any atom is -0.469 e. The van der Waals surface area contributed by atoms with Crippen LogP contribution in [-0.2, 0) is 19.1 Å². The Hall–Kier alpha value is -1.06. The molecule has 190 valence electrons. The Morgan fingerprint density at radius 3 is 2.21 bits per heavy atom. The lowest BCUT2D eigenvalue weighted by atomic mass is 9.45. The summed E-state index contributed by atoms with van der Waals surface area (Å²) in [5, 5.41) is 0. The molecule has 8 atom stereocenters. The maximum atomic E-state index is 12.5. The molecule has 3 fully saturated rings. The van der Waals surface area contributed by atoms with E-state index in [1.807, 2.05) is 0 Å². The van der Waals surface area contributed by atoms with Gasteiger partial charge in [0, 0.05) is 6.42 Å². The number of carbonyl (C=O) groups excluding carboxylic acids is 2. The van der Waals surface area contributed by atoms with Crippen molar-refractivity contribution in [3.63, 3.8) is 0 Å². The van der Waals surface area contributed by atoms with Crippen LogP contribution in [0.25, 0.3) is 0 Å². The average Bonchev–Trinajstić information content (AvgIpc) is 3.12. The zero-order valence-electron chi connectivity index (χ0n) is 22.5. The van der Waals surface area contributed by atoms with Crippen molar-refractivity contribution in [2.45, 2.75) is 105 Å². The maximum absolute atomic E-state index is 12.5. The first-order chi connectivity index (χ1) is 15.6. The fourth-order valence-corrected chi connectivity index (χ4v) is 8.84. The van der Waals surface area contributed by atoms with E-state index in [1.165, 1.54) is 65.6 Å². The second-order valence-electron chi connectivity index (χ2n) is 12.7. The predicted molar refractivity (Wildman–Crippen MR) is 132 cm³/mol. The highest BCUT2D eigenvalue weighted by atomic mass is 16.5. The highest BCUT2D eigenvalue weighted by Gasteiger charge is 2.60. The molecule has 0 N–H and O–H groups in total. The number of esters is 2. The molecule has 3 saturated carbocycles. The largest absolute Gasteiger partial charge is 0.469 e. The zero-order valence-corrected chi connectivity index (χ0v) is 22.5. The fraction of sp³-hybridized carbons (Fsp3) is 0.931. The van der Waals surface area contributed by atoms with Gasteiger partial charge in [0.2, 0.25) is 0 Å². The smallest absolute Gasteiger partial charge is 0.306 e. The standard InChI is InChI=1S/C29H50O4/c1-19(2)9-8-10-20(3)23-13-14-24-22-12-11-21(17-26(30)32-6)29(5,18-27(31)33-7)25(22)15-16-28(23,24)4/h19-25H,8-18H2,1-7H3/t20-,21+,22-,23-,24-,25-,28-,29-/m1/s1. The highest BCUT2D eigenvalue weighted by molar-refractivity contribution is 5.71. The van der Waals surface area contributed by atoms with Gasteiger partial charge in [0.25, 0.3) is 0 Å². The van der Waals surface area contributed by atoms with Crippen LogP contribution >= 0.6 is 0 Å². The summed E-state index contributed by atoms with van der Waals surface area (Å²) in [5.41, 5.74) is 0.242. The molecule has 0 amide bonds. The van der Waals surface area contributed by atoms with Crippen molar-refractivity contribution < 1.29 is 19.1 Å². The Labute approximate surface area is 202 Å². The summed E-state index contributed by atoms with van der Waals surface area (Å²) in [4.78, 5) is 24.7. The SMILES string of the molecule is COC(=O)C[C@@H]1CC[C@@H]2[C@H]3CC[C@H]([C@H](C)CCCC(C)C)[C@@]3(C)CC[C@H]2[C@]1(C)CC(=O)OC. The van der Waals surface area contributed by atoms with Crippen LogP contribution in [0.2, 0.25) is 0 Å². The summed E-state index contributed by atoms with van der Waals surface area (Å²) in [6.45, 7) is 12.1. The molecule has 4 nitrogen and oxygen atoms in total. The minimum absolute atomic E-state index is 0.135. The molecule has 3 rings (SSSR count). The number of methoxy groups -OCH3 is 2. The van der Waals surface area contributed by atoms with Gasteiger partial charge >= 0.3 is 11.9 Å². The van der Waals surface area contributed by atoms with Crippen LogP contribution in [-0.4, -0.2) is 26.2 Å². The van der Waals surface area contributed by atoms with Gasteiger partial charge in [-0.1, -0.05) is 53.9 Å². The monoisotopic (exact) mass is 462 g/mol. The fourth-order valence-electron chi connectivity index (χ4n) is 8.84. The van der Waals surface area contributed by atoms with Crippen LogP contribution in [0.15, 0.2) is 0 Å². The Morgan fingerprint density at radius 2 is 1.58 bits per heavy atom. The first-order valence-corrected chi connectivity index (χ1v) is 13.7. The number of hydrogen-bond donors (Lipinski definition) is 0. The first-order valence-electron chi connectivity index (χ1n) is 13.7. The third-order valence-corrected chi connectivity index (χ3v) is 10.7. The quantitative estimate of drug-likeness (QED) is 0.344. The number of rotatable bonds is 9. The molecule has 0 aromatic rings. The van der Waals surface area contributed by atoms with Crippen molar-refractivity contribution in [3.8, 4) is 0 Å². The number of carbonyl (C=O) groups is 2. The molecule has 0 aromatic heterocycles. The van der Waals surface area contributed by atoms with E-state index in [4.69, 9.17) is 9.47 Å². The van der Waals surface area contributed by atoms with E-state index in [2.05, 4.69) is 34.6 Å². The van der Waals surface area contributed by atoms with Gasteiger partial charge < -0.3 is 9.47 Å². The topological polar surface area (TPSA) is 52.6 Å². The molecule has 33 heavy (non-hydrogen) atoms. The van der Waals surface area contributed by atoms with Gasteiger partial charge in [0.05, 0.1) is 20.6 Å². The van der Waals surface area contributed by atoms with E-state index in [0.29, 0.717) is 30.1 Å². The van der Waals surface area contributed by atoms with Crippen molar-refractivity contribution in [1.82, 2.24) is 0 Å². The lowest BCUT2D eigenvalue weighted by Gasteiger charge is -2.59. The summed E-state index contributed by atoms with van der Waals surface area (Å²) < 4.78 is 10.2. The van der Waals surface area contributed by atoms with Crippen LogP contribution < -0.4 is 0 Å². The minimum atomic E-state index is -0.188. The lowest BCUT2D eigenvalue weighted by Crippen LogP contribution is -2.53. The average molecular weight is 463 g/mol. The molecule has 0 bridgehead atoms. The second-order valence-corrected chi connectivity index (χ2v) is 12.7. The van der Waals surface area contributed by atoms with E-state index in [1.54, 1.807) is 0 Å². The Balaban J connectivity index is 1.79. The van der Waals surface area contributed by atoms with Crippen LogP contribution in [0.3, 0.4) is 0 Å². The summed E-state index contributed by atoms with van der Waals surface area (Å²) in [7, 11) is 2.96. The Kier molecular flexibility index (Phi) is 8.60. The van der Waals surface area contributed by atoms with E-state index < -0.39 is 0 Å². The zero-order chi connectivity index (χ0) is 24.4. The molecule has 0 unspecified atom stereocenters. The van der Waals surface area contributed by atoms with E-state index in [-0.39, 0.29) is 23.3 Å². The predicted octanol–water partition coefficient (Wildman–Crippen LogP) is 7.05. The van der Waals surface area contributed by atoms with Crippen molar-refractivity contribution in [2.75, 3.05) is 14.2 Å². The van der Waals surface area contributed by atoms with Gasteiger partial charge in [0.15, 0.2) is 0 Å². The molecular formula is C29H50O4. The van der Waals surface area contributed by atoms with Crippen LogP contribution in [0.4, 0.5) is 0 Å². The Bertz CT molecular complexity index is 687. The van der Waals surface area contributed by atoms with Gasteiger partial charge in [-0.3, -0.25) is 9.59 Å². The van der Waals surface area contributed by atoms with E-state index >= 15 is 0 Å². The first kappa shape index (κ1) is 26.5. The number of ether oxygens (including phenoxy) is 2. The molecule has 0 radical (unpaired) electrons. The highest BCUT2D eigenvalue weighted by Crippen LogP contribution is 2.67. The van der Waals surface area contributed by atoms with Gasteiger partial charge in [-0.2, -0.15) is 0 Å².